The van der Waals surface area contributed by atoms with Crippen LogP contribution in [0.5, 0.6) is 0 Å². The number of rotatable bonds is 21. The summed E-state index contributed by atoms with van der Waals surface area (Å²) in [6.45, 7) is 0.460. The number of nitrogens with two attached hydrogens (primary N) is 2. The van der Waals surface area contributed by atoms with Gasteiger partial charge in [0.15, 0.2) is 0 Å². The second kappa shape index (κ2) is 18.4. The Morgan fingerprint density at radius 2 is 1.17 bits per heavy atom. The van der Waals surface area contributed by atoms with Gasteiger partial charge in [0.05, 0.1) is 12.1 Å². The largest absolute Gasteiger partial charge is 0.481 e. The molecule has 0 saturated carbocycles. The molecule has 3 unspecified atom stereocenters. The van der Waals surface area contributed by atoms with E-state index >= 15 is 0 Å². The Balaban J connectivity index is 1.88. The van der Waals surface area contributed by atoms with E-state index in [1.807, 2.05) is 0 Å². The van der Waals surface area contributed by atoms with Crippen molar-refractivity contribution in [2.45, 2.75) is 84.3 Å². The first kappa shape index (κ1) is 39.2. The van der Waals surface area contributed by atoms with Gasteiger partial charge in [-0.2, -0.15) is 16.8 Å². The number of carbonyl (C=O) groups is 4. The quantitative estimate of drug-likeness (QED) is 0.0635. The number of carboxylic acids is 1. The molecule has 258 valence electrons. The number of unbranched alkanes of at least 4 members (excludes halogenated alkanes) is 3. The molecule has 0 aliphatic carbocycles. The minimum absolute atomic E-state index is 0.0188. The fraction of sp³-hybridized carbons (Fsp3) is 0.538. The first-order valence-electron chi connectivity index (χ1n) is 14.2. The van der Waals surface area contributed by atoms with E-state index in [9.17, 15) is 40.6 Å². The summed E-state index contributed by atoms with van der Waals surface area (Å²) in [5, 5.41) is 16.7. The van der Waals surface area contributed by atoms with E-state index in [2.05, 4.69) is 16.0 Å². The van der Waals surface area contributed by atoms with Gasteiger partial charge in [0.25, 0.3) is 0 Å². The minimum Gasteiger partial charge on any atom is -0.481 e. The van der Waals surface area contributed by atoms with Crippen LogP contribution in [-0.2, 0) is 52.3 Å². The third-order valence-electron chi connectivity index (χ3n) is 6.52. The fourth-order valence-corrected chi connectivity index (χ4v) is 7.66. The predicted octanol–water partition coefficient (Wildman–Crippen LogP) is 0.275. The molecule has 2 aromatic heterocycles. The maximum atomic E-state index is 12.9. The standard InChI is InChI=1S/C26H39N5O11S4/c27-18(14-16-8-10-22(43-16)45(37,38)39)24(34)29-13-5-3-6-20(26(36)30-12-4-1-2-7-21(32)33)31-25(35)19(28)15-17-9-11-23(44-17)46(40,41)42/h8-11,18-20H,1-7,12-15,27-28H2,(H,29,34)(H,30,36)(H,31,35)(H,32,33)(H,37,38,39)(H,40,41,42). The molecule has 3 atom stereocenters. The minimum atomic E-state index is -4.40. The van der Waals surface area contributed by atoms with Gasteiger partial charge in [-0.3, -0.25) is 28.3 Å². The summed E-state index contributed by atoms with van der Waals surface area (Å²) >= 11 is 1.57. The molecule has 0 spiro atoms. The average molecular weight is 726 g/mol. The van der Waals surface area contributed by atoms with Gasteiger partial charge in [-0.25, -0.2) is 0 Å². The van der Waals surface area contributed by atoms with Crippen LogP contribution in [0.2, 0.25) is 0 Å². The van der Waals surface area contributed by atoms with Gasteiger partial charge in [-0.1, -0.05) is 6.42 Å². The van der Waals surface area contributed by atoms with Crippen molar-refractivity contribution < 1.29 is 50.2 Å². The van der Waals surface area contributed by atoms with Crippen LogP contribution in [0.1, 0.15) is 54.7 Å². The van der Waals surface area contributed by atoms with E-state index in [1.54, 1.807) is 0 Å². The molecule has 2 aromatic rings. The van der Waals surface area contributed by atoms with Gasteiger partial charge in [-0.15, -0.1) is 22.7 Å². The molecular formula is C26H39N5O11S4. The summed E-state index contributed by atoms with van der Waals surface area (Å²) in [7, 11) is -8.74. The van der Waals surface area contributed by atoms with Gasteiger partial charge in [0.2, 0.25) is 17.7 Å². The van der Waals surface area contributed by atoms with Crippen molar-refractivity contribution in [3.63, 3.8) is 0 Å². The lowest BCUT2D eigenvalue weighted by Gasteiger charge is -2.21. The summed E-state index contributed by atoms with van der Waals surface area (Å²) < 4.78 is 62.8. The average Bonchev–Trinajstić information content (AvgIpc) is 3.63. The van der Waals surface area contributed by atoms with E-state index < -0.39 is 62.1 Å². The fourth-order valence-electron chi connectivity index (χ4n) is 4.11. The molecule has 0 saturated heterocycles. The molecule has 0 fully saturated rings. The van der Waals surface area contributed by atoms with E-state index in [1.165, 1.54) is 24.3 Å². The van der Waals surface area contributed by atoms with Gasteiger partial charge < -0.3 is 32.5 Å². The van der Waals surface area contributed by atoms with Crippen molar-refractivity contribution in [1.29, 1.82) is 0 Å². The van der Waals surface area contributed by atoms with Crippen molar-refractivity contribution in [2.24, 2.45) is 11.5 Å². The highest BCUT2D eigenvalue weighted by molar-refractivity contribution is 7.88. The van der Waals surface area contributed by atoms with Crippen LogP contribution in [-0.4, -0.2) is 86.0 Å². The third-order valence-corrected chi connectivity index (χ3v) is 11.4. The topological polar surface area (TPSA) is 285 Å². The predicted molar refractivity (Wildman–Crippen MR) is 170 cm³/mol. The molecule has 10 N–H and O–H groups in total. The molecule has 0 radical (unpaired) electrons. The van der Waals surface area contributed by atoms with Crippen molar-refractivity contribution >= 4 is 66.6 Å². The van der Waals surface area contributed by atoms with Crippen molar-refractivity contribution in [3.05, 3.63) is 34.0 Å². The van der Waals surface area contributed by atoms with Crippen LogP contribution >= 0.6 is 22.7 Å². The maximum Gasteiger partial charge on any atom is 0.304 e. The van der Waals surface area contributed by atoms with Gasteiger partial charge in [0, 0.05) is 42.1 Å². The molecule has 20 heteroatoms. The second-order valence-electron chi connectivity index (χ2n) is 10.4. The zero-order chi connectivity index (χ0) is 34.5. The van der Waals surface area contributed by atoms with Crippen molar-refractivity contribution in [1.82, 2.24) is 16.0 Å². The van der Waals surface area contributed by atoms with Gasteiger partial charge in [-0.05, 0) is 56.4 Å². The molecule has 46 heavy (non-hydrogen) atoms. The van der Waals surface area contributed by atoms with Gasteiger partial charge >= 0.3 is 26.2 Å². The first-order valence-corrected chi connectivity index (χ1v) is 18.7. The number of carboxylic acid groups (broad SMARTS) is 1. The normalized spacial score (nSPS) is 13.8. The van der Waals surface area contributed by atoms with Crippen LogP contribution in [0.25, 0.3) is 0 Å². The second-order valence-corrected chi connectivity index (χ2v) is 16.0. The van der Waals surface area contributed by atoms with Crippen LogP contribution < -0.4 is 27.4 Å². The van der Waals surface area contributed by atoms with Crippen LogP contribution in [0.3, 0.4) is 0 Å². The summed E-state index contributed by atoms with van der Waals surface area (Å²) in [6, 6.07) is 2.21. The zero-order valence-corrected chi connectivity index (χ0v) is 28.0. The number of amides is 3. The third kappa shape index (κ3) is 14.2. The Morgan fingerprint density at radius 3 is 1.65 bits per heavy atom. The molecule has 0 aromatic carbocycles. The first-order chi connectivity index (χ1) is 21.5. The number of nitrogens with one attached hydrogen (secondary N) is 3. The molecular weight excluding hydrogens is 687 g/mol. The van der Waals surface area contributed by atoms with Gasteiger partial charge in [0.1, 0.15) is 14.5 Å². The Morgan fingerprint density at radius 1 is 0.696 bits per heavy atom. The smallest absolute Gasteiger partial charge is 0.304 e. The lowest BCUT2D eigenvalue weighted by atomic mass is 10.1. The van der Waals surface area contributed by atoms with E-state index in [0.29, 0.717) is 41.9 Å². The molecule has 16 nitrogen and oxygen atoms in total. The highest BCUT2D eigenvalue weighted by atomic mass is 32.3. The number of carbonyl (C=O) groups excluding carboxylic acids is 3. The van der Waals surface area contributed by atoms with Crippen LogP contribution in [0.4, 0.5) is 0 Å². The van der Waals surface area contributed by atoms with Crippen molar-refractivity contribution in [2.75, 3.05) is 13.1 Å². The molecule has 2 heterocycles. The monoisotopic (exact) mass is 725 g/mol. The Kier molecular flexibility index (Phi) is 15.7. The van der Waals surface area contributed by atoms with Crippen LogP contribution in [0.15, 0.2) is 32.7 Å². The summed E-state index contributed by atoms with van der Waals surface area (Å²) in [5.41, 5.74) is 11.9. The Labute approximate surface area is 274 Å². The highest BCUT2D eigenvalue weighted by Crippen LogP contribution is 2.23. The molecule has 3 amide bonds. The highest BCUT2D eigenvalue weighted by Gasteiger charge is 2.25. The Bertz CT molecular complexity index is 1560. The SMILES string of the molecule is NC(Cc1ccc(S(=O)(=O)O)s1)C(=O)NCCCCC(NC(=O)C(N)Cc1ccc(S(=O)(=O)O)s1)C(=O)NCCCCCC(=O)O. The van der Waals surface area contributed by atoms with Crippen molar-refractivity contribution in [3.8, 4) is 0 Å². The molecule has 0 bridgehead atoms. The summed E-state index contributed by atoms with van der Waals surface area (Å²) in [4.78, 5) is 49.8. The maximum absolute atomic E-state index is 12.9. The zero-order valence-electron chi connectivity index (χ0n) is 24.7. The van der Waals surface area contributed by atoms with Crippen LogP contribution in [0, 0.1) is 0 Å². The lowest BCUT2D eigenvalue weighted by molar-refractivity contribution is -0.137. The van der Waals surface area contributed by atoms with E-state index in [4.69, 9.17) is 21.1 Å². The molecule has 0 aliphatic rings. The molecule has 2 rings (SSSR count). The number of hydrogen-bond acceptors (Lipinski definition) is 12. The number of thiophene rings is 2. The molecule has 0 aliphatic heterocycles. The lowest BCUT2D eigenvalue weighted by Crippen LogP contribution is -2.52. The van der Waals surface area contributed by atoms with E-state index in [0.717, 1.165) is 22.7 Å². The Hall–Kier alpha value is -2.98. The summed E-state index contributed by atoms with van der Waals surface area (Å²) in [5.74, 6) is -2.53. The summed E-state index contributed by atoms with van der Waals surface area (Å²) in [6.07, 6.45) is 2.59. The number of hydrogen-bond donors (Lipinski definition) is 8. The van der Waals surface area contributed by atoms with E-state index in [-0.39, 0.29) is 47.2 Å². The number of aliphatic carboxylic acids is 1.